The minimum absolute atomic E-state index is 0.00433. The maximum atomic E-state index is 12.4. The second-order valence-electron chi connectivity index (χ2n) is 4.56. The fraction of sp³-hybridized carbons (Fsp3) is 0.417. The number of hydrogen-bond acceptors (Lipinski definition) is 3. The van der Waals surface area contributed by atoms with Crippen LogP contribution in [0.5, 0.6) is 0 Å². The van der Waals surface area contributed by atoms with Crippen molar-refractivity contribution in [2.75, 3.05) is 18.1 Å². The molecule has 1 aliphatic heterocycles. The average Bonchev–Trinajstić information content (AvgIpc) is 2.31. The summed E-state index contributed by atoms with van der Waals surface area (Å²) in [4.78, 5) is 14.0. The highest BCUT2D eigenvalue weighted by Crippen LogP contribution is 2.28. The van der Waals surface area contributed by atoms with Crippen LogP contribution in [-0.2, 0) is 9.84 Å². The highest BCUT2D eigenvalue weighted by molar-refractivity contribution is 9.10. The topological polar surface area (TPSA) is 54.5 Å². The van der Waals surface area contributed by atoms with Crippen molar-refractivity contribution in [1.29, 1.82) is 0 Å². The van der Waals surface area contributed by atoms with Gasteiger partial charge in [0, 0.05) is 17.1 Å². The Hall–Kier alpha value is -0.590. The Labute approximate surface area is 125 Å². The molecule has 1 saturated heterocycles. The highest BCUT2D eigenvalue weighted by atomic mass is 79.9. The van der Waals surface area contributed by atoms with E-state index in [1.165, 1.54) is 0 Å². The highest BCUT2D eigenvalue weighted by Gasteiger charge is 2.32. The number of halogens is 2. The molecule has 2 rings (SSSR count). The van der Waals surface area contributed by atoms with E-state index < -0.39 is 9.84 Å². The average molecular weight is 367 g/mol. The van der Waals surface area contributed by atoms with Crippen LogP contribution < -0.4 is 0 Å². The van der Waals surface area contributed by atoms with Crippen LogP contribution in [0.25, 0.3) is 0 Å². The fourth-order valence-electron chi connectivity index (χ4n) is 2.12. The Morgan fingerprint density at radius 1 is 1.47 bits per heavy atom. The van der Waals surface area contributed by atoms with Gasteiger partial charge in [0.1, 0.15) is 0 Å². The summed E-state index contributed by atoms with van der Waals surface area (Å²) in [5.41, 5.74) is 0.391. The SMILES string of the molecule is CC1CS(=O)(=O)CCN1C(=O)c1cccc(Br)c1Cl. The van der Waals surface area contributed by atoms with Crippen LogP contribution in [0.2, 0.25) is 5.02 Å². The van der Waals surface area contributed by atoms with E-state index in [1.54, 1.807) is 30.0 Å². The van der Waals surface area contributed by atoms with Gasteiger partial charge >= 0.3 is 0 Å². The summed E-state index contributed by atoms with van der Waals surface area (Å²) in [5, 5.41) is 0.355. The molecule has 1 heterocycles. The third kappa shape index (κ3) is 3.12. The fourth-order valence-corrected chi connectivity index (χ4v) is 4.25. The first kappa shape index (κ1) is 14.8. The monoisotopic (exact) mass is 365 g/mol. The number of amides is 1. The molecule has 0 aromatic heterocycles. The molecule has 1 aliphatic rings. The summed E-state index contributed by atoms with van der Waals surface area (Å²) in [6, 6.07) is 4.80. The zero-order chi connectivity index (χ0) is 14.2. The van der Waals surface area contributed by atoms with Gasteiger partial charge in [0.25, 0.3) is 5.91 Å². The van der Waals surface area contributed by atoms with E-state index in [2.05, 4.69) is 15.9 Å². The number of sulfone groups is 1. The number of hydrogen-bond donors (Lipinski definition) is 0. The second kappa shape index (κ2) is 5.42. The number of carbonyl (C=O) groups is 1. The molecule has 0 aliphatic carbocycles. The standard InChI is InChI=1S/C12H13BrClNO3S/c1-8-7-19(17,18)6-5-15(8)12(16)9-3-2-4-10(13)11(9)14/h2-4,8H,5-7H2,1H3. The van der Waals surface area contributed by atoms with Crippen LogP contribution in [-0.4, -0.2) is 43.3 Å². The molecule has 1 aromatic rings. The van der Waals surface area contributed by atoms with E-state index in [0.29, 0.717) is 15.1 Å². The van der Waals surface area contributed by atoms with Gasteiger partial charge < -0.3 is 4.90 Å². The van der Waals surface area contributed by atoms with Crippen molar-refractivity contribution in [3.8, 4) is 0 Å². The van der Waals surface area contributed by atoms with Crippen molar-refractivity contribution in [1.82, 2.24) is 4.90 Å². The van der Waals surface area contributed by atoms with Gasteiger partial charge in [-0.2, -0.15) is 0 Å². The summed E-state index contributed by atoms with van der Waals surface area (Å²) in [6.45, 7) is 1.95. The Kier molecular flexibility index (Phi) is 4.23. The molecule has 104 valence electrons. The van der Waals surface area contributed by atoms with Gasteiger partial charge in [0.15, 0.2) is 9.84 Å². The van der Waals surface area contributed by atoms with Gasteiger partial charge in [-0.15, -0.1) is 0 Å². The molecule has 0 spiro atoms. The van der Waals surface area contributed by atoms with Gasteiger partial charge in [-0.25, -0.2) is 8.42 Å². The summed E-state index contributed by atoms with van der Waals surface area (Å²) in [5.74, 6) is -0.215. The van der Waals surface area contributed by atoms with E-state index in [4.69, 9.17) is 11.6 Å². The van der Waals surface area contributed by atoms with Crippen LogP contribution in [0, 0.1) is 0 Å². The largest absolute Gasteiger partial charge is 0.334 e. The van der Waals surface area contributed by atoms with Crippen molar-refractivity contribution in [3.63, 3.8) is 0 Å². The smallest absolute Gasteiger partial charge is 0.255 e. The van der Waals surface area contributed by atoms with Crippen LogP contribution in [0.4, 0.5) is 0 Å². The molecule has 0 radical (unpaired) electrons. The van der Waals surface area contributed by atoms with Crippen LogP contribution in [0.15, 0.2) is 22.7 Å². The van der Waals surface area contributed by atoms with Crippen molar-refractivity contribution in [2.45, 2.75) is 13.0 Å². The van der Waals surface area contributed by atoms with Crippen LogP contribution in [0.1, 0.15) is 17.3 Å². The van der Waals surface area contributed by atoms with Crippen molar-refractivity contribution >= 4 is 43.3 Å². The van der Waals surface area contributed by atoms with Gasteiger partial charge in [-0.05, 0) is 35.0 Å². The predicted octanol–water partition coefficient (Wildman–Crippen LogP) is 2.36. The number of rotatable bonds is 1. The molecule has 4 nitrogen and oxygen atoms in total. The molecule has 19 heavy (non-hydrogen) atoms. The van der Waals surface area contributed by atoms with E-state index in [9.17, 15) is 13.2 Å². The number of nitrogens with zero attached hydrogens (tertiary/aromatic N) is 1. The van der Waals surface area contributed by atoms with Gasteiger partial charge in [0.05, 0.1) is 22.1 Å². The minimum Gasteiger partial charge on any atom is -0.334 e. The number of carbonyl (C=O) groups excluding carboxylic acids is 1. The second-order valence-corrected chi connectivity index (χ2v) is 8.02. The first-order valence-electron chi connectivity index (χ1n) is 5.77. The maximum Gasteiger partial charge on any atom is 0.255 e. The van der Waals surface area contributed by atoms with Crippen molar-refractivity contribution in [2.24, 2.45) is 0 Å². The summed E-state index contributed by atoms with van der Waals surface area (Å²) in [7, 11) is -3.03. The van der Waals surface area contributed by atoms with E-state index >= 15 is 0 Å². The molecule has 1 unspecified atom stereocenters. The third-order valence-corrected chi connectivity index (χ3v) is 6.20. The van der Waals surface area contributed by atoms with Crippen molar-refractivity contribution < 1.29 is 13.2 Å². The first-order chi connectivity index (χ1) is 8.82. The van der Waals surface area contributed by atoms with Gasteiger partial charge in [-0.1, -0.05) is 17.7 Å². The summed E-state index contributed by atoms with van der Waals surface area (Å²) >= 11 is 9.37. The molecular weight excluding hydrogens is 354 g/mol. The molecule has 1 aromatic carbocycles. The summed E-state index contributed by atoms with van der Waals surface area (Å²) < 4.78 is 23.7. The predicted molar refractivity (Wildman–Crippen MR) is 78.3 cm³/mol. The molecule has 1 amide bonds. The molecule has 0 bridgehead atoms. The zero-order valence-electron chi connectivity index (χ0n) is 10.3. The van der Waals surface area contributed by atoms with E-state index in [-0.39, 0.29) is 30.0 Å². The maximum absolute atomic E-state index is 12.4. The lowest BCUT2D eigenvalue weighted by atomic mass is 10.1. The normalized spacial score (nSPS) is 22.3. The number of benzene rings is 1. The molecule has 0 N–H and O–H groups in total. The van der Waals surface area contributed by atoms with Crippen molar-refractivity contribution in [3.05, 3.63) is 33.3 Å². The molecule has 7 heteroatoms. The minimum atomic E-state index is -3.03. The molecular formula is C12H13BrClNO3S. The molecule has 0 saturated carbocycles. The lowest BCUT2D eigenvalue weighted by Crippen LogP contribution is -2.49. The Morgan fingerprint density at radius 2 is 2.16 bits per heavy atom. The summed E-state index contributed by atoms with van der Waals surface area (Å²) in [6.07, 6.45) is 0. The lowest BCUT2D eigenvalue weighted by Gasteiger charge is -2.33. The lowest BCUT2D eigenvalue weighted by molar-refractivity contribution is 0.0712. The first-order valence-corrected chi connectivity index (χ1v) is 8.76. The van der Waals surface area contributed by atoms with E-state index in [0.717, 1.165) is 0 Å². The quantitative estimate of drug-likeness (QED) is 0.767. The van der Waals surface area contributed by atoms with E-state index in [1.807, 2.05) is 0 Å². The molecule has 1 atom stereocenters. The zero-order valence-corrected chi connectivity index (χ0v) is 13.4. The third-order valence-electron chi connectivity index (χ3n) is 3.11. The van der Waals surface area contributed by atoms with Gasteiger partial charge in [-0.3, -0.25) is 4.79 Å². The molecule has 1 fully saturated rings. The van der Waals surface area contributed by atoms with Crippen LogP contribution in [0.3, 0.4) is 0 Å². The van der Waals surface area contributed by atoms with Gasteiger partial charge in [0.2, 0.25) is 0 Å². The van der Waals surface area contributed by atoms with Crippen LogP contribution >= 0.6 is 27.5 Å². The Morgan fingerprint density at radius 3 is 2.79 bits per heavy atom. The Balaban J connectivity index is 2.28. The Bertz CT molecular complexity index is 617.